The van der Waals surface area contributed by atoms with E-state index < -0.39 is 0 Å². The normalized spacial score (nSPS) is 11.6. The zero-order chi connectivity index (χ0) is 22.2. The quantitative estimate of drug-likeness (QED) is 0.352. The Labute approximate surface area is 190 Å². The summed E-state index contributed by atoms with van der Waals surface area (Å²) in [5, 5.41) is 11.0. The van der Waals surface area contributed by atoms with Crippen LogP contribution in [0, 0.1) is 0 Å². The van der Waals surface area contributed by atoms with Crippen LogP contribution in [0.5, 0.6) is 0 Å². The average Bonchev–Trinajstić information content (AvgIpc) is 3.53. The molecule has 32 heavy (non-hydrogen) atoms. The highest BCUT2D eigenvalue weighted by Gasteiger charge is 2.17. The van der Waals surface area contributed by atoms with Crippen LogP contribution in [-0.4, -0.2) is 18.4 Å². The van der Waals surface area contributed by atoms with Gasteiger partial charge < -0.3 is 15.1 Å². The smallest absolute Gasteiger partial charge is 0.253 e. The van der Waals surface area contributed by atoms with Crippen molar-refractivity contribution in [3.05, 3.63) is 112 Å². The molecule has 4 rings (SSSR count). The van der Waals surface area contributed by atoms with Crippen molar-refractivity contribution in [3.8, 4) is 0 Å². The molecule has 1 atom stereocenters. The van der Waals surface area contributed by atoms with Crippen LogP contribution in [0.3, 0.4) is 0 Å². The Morgan fingerprint density at radius 2 is 1.72 bits per heavy atom. The number of para-hydroxylation sites is 1. The van der Waals surface area contributed by atoms with Gasteiger partial charge in [-0.15, -0.1) is 11.3 Å². The van der Waals surface area contributed by atoms with Crippen molar-refractivity contribution in [3.63, 3.8) is 0 Å². The van der Waals surface area contributed by atoms with Crippen molar-refractivity contribution in [1.82, 2.24) is 10.6 Å². The summed E-state index contributed by atoms with van der Waals surface area (Å²) in [5.41, 5.74) is 1.94. The first-order valence-electron chi connectivity index (χ1n) is 10.2. The molecule has 2 amide bonds. The van der Waals surface area contributed by atoms with Crippen LogP contribution in [0.15, 0.2) is 94.9 Å². The van der Waals surface area contributed by atoms with Gasteiger partial charge in [0.2, 0.25) is 5.91 Å². The monoisotopic (exact) mass is 445 g/mol. The number of amides is 2. The van der Waals surface area contributed by atoms with Gasteiger partial charge in [-0.1, -0.05) is 48.5 Å². The van der Waals surface area contributed by atoms with Crippen molar-refractivity contribution < 1.29 is 14.0 Å². The molecule has 2 heterocycles. The molecule has 0 aliphatic rings. The van der Waals surface area contributed by atoms with E-state index in [1.165, 1.54) is 0 Å². The van der Waals surface area contributed by atoms with Crippen molar-refractivity contribution in [2.45, 2.75) is 12.6 Å². The number of furan rings is 1. The van der Waals surface area contributed by atoms with Crippen molar-refractivity contribution in [1.29, 1.82) is 0 Å². The Kier molecular flexibility index (Phi) is 7.12. The fraction of sp³-hybridized carbons (Fsp3) is 0.120. The maximum absolute atomic E-state index is 12.7. The summed E-state index contributed by atoms with van der Waals surface area (Å²) in [5.74, 6) is 0.143. The molecule has 162 valence electrons. The first-order chi connectivity index (χ1) is 15.7. The standard InChI is InChI=1S/C25H23N3O3S/c29-23(17-26-24(22-13-7-15-32-22)18-8-2-1-3-9-18)28-21-12-5-4-11-20(21)25(30)27-16-19-10-6-14-31-19/h1-15,24,26H,16-17H2,(H,27,30)(H,28,29)/t24-/m1/s1. The van der Waals surface area contributed by atoms with Gasteiger partial charge in [0.05, 0.1) is 36.6 Å². The van der Waals surface area contributed by atoms with E-state index >= 15 is 0 Å². The van der Waals surface area contributed by atoms with Gasteiger partial charge in [-0.3, -0.25) is 14.9 Å². The van der Waals surface area contributed by atoms with E-state index in [4.69, 9.17) is 4.42 Å². The molecule has 2 aromatic heterocycles. The molecule has 0 fully saturated rings. The second-order valence-electron chi connectivity index (χ2n) is 7.10. The Morgan fingerprint density at radius 3 is 2.47 bits per heavy atom. The molecule has 0 radical (unpaired) electrons. The van der Waals surface area contributed by atoms with Crippen LogP contribution >= 0.6 is 11.3 Å². The van der Waals surface area contributed by atoms with E-state index in [0.717, 1.165) is 10.4 Å². The number of hydrogen-bond donors (Lipinski definition) is 3. The van der Waals surface area contributed by atoms with Crippen LogP contribution in [0.4, 0.5) is 5.69 Å². The van der Waals surface area contributed by atoms with Crippen molar-refractivity contribution >= 4 is 28.8 Å². The molecule has 7 heteroatoms. The first-order valence-corrected chi connectivity index (χ1v) is 11.1. The van der Waals surface area contributed by atoms with Crippen molar-refractivity contribution in [2.24, 2.45) is 0 Å². The third kappa shape index (κ3) is 5.51. The fourth-order valence-corrected chi connectivity index (χ4v) is 4.17. The molecule has 0 saturated carbocycles. The van der Waals surface area contributed by atoms with Gasteiger partial charge in [-0.2, -0.15) is 0 Å². The topological polar surface area (TPSA) is 83.4 Å². The van der Waals surface area contributed by atoms with Crippen LogP contribution < -0.4 is 16.0 Å². The highest BCUT2D eigenvalue weighted by Crippen LogP contribution is 2.25. The maximum atomic E-state index is 12.7. The largest absolute Gasteiger partial charge is 0.467 e. The Bertz CT molecular complexity index is 1140. The molecule has 3 N–H and O–H groups in total. The van der Waals surface area contributed by atoms with Gasteiger partial charge in [0.15, 0.2) is 0 Å². The minimum absolute atomic E-state index is 0.0891. The van der Waals surface area contributed by atoms with Crippen LogP contribution in [-0.2, 0) is 11.3 Å². The van der Waals surface area contributed by atoms with Gasteiger partial charge in [0, 0.05) is 4.88 Å². The number of carbonyl (C=O) groups is 2. The number of anilines is 1. The number of rotatable bonds is 9. The molecule has 0 bridgehead atoms. The second-order valence-corrected chi connectivity index (χ2v) is 8.08. The summed E-state index contributed by atoms with van der Waals surface area (Å²) >= 11 is 1.64. The van der Waals surface area contributed by atoms with Crippen molar-refractivity contribution in [2.75, 3.05) is 11.9 Å². The lowest BCUT2D eigenvalue weighted by Gasteiger charge is -2.18. The molecule has 6 nitrogen and oxygen atoms in total. The SMILES string of the molecule is O=C(CN[C@H](c1ccccc1)c1cccs1)Nc1ccccc1C(=O)NCc1ccco1. The Balaban J connectivity index is 1.40. The van der Waals surface area contributed by atoms with Gasteiger partial charge in [0.25, 0.3) is 5.91 Å². The predicted octanol–water partition coefficient (Wildman–Crippen LogP) is 4.59. The van der Waals surface area contributed by atoms with Crippen LogP contribution in [0.25, 0.3) is 0 Å². The molecule has 0 aliphatic heterocycles. The molecular weight excluding hydrogens is 422 g/mol. The molecule has 0 saturated heterocycles. The maximum Gasteiger partial charge on any atom is 0.253 e. The van der Waals surface area contributed by atoms with Gasteiger partial charge in [-0.25, -0.2) is 0 Å². The third-order valence-corrected chi connectivity index (χ3v) is 5.81. The summed E-state index contributed by atoms with van der Waals surface area (Å²) in [6.07, 6.45) is 1.56. The van der Waals surface area contributed by atoms with Crippen LogP contribution in [0.2, 0.25) is 0 Å². The minimum Gasteiger partial charge on any atom is -0.467 e. The minimum atomic E-state index is -0.286. The van der Waals surface area contributed by atoms with E-state index in [1.54, 1.807) is 54.0 Å². The van der Waals surface area contributed by atoms with E-state index in [9.17, 15) is 9.59 Å². The molecular formula is C25H23N3O3S. The first kappa shape index (κ1) is 21.5. The van der Waals surface area contributed by atoms with E-state index in [1.807, 2.05) is 47.8 Å². The summed E-state index contributed by atoms with van der Waals surface area (Å²) in [7, 11) is 0. The Hall–Kier alpha value is -3.68. The highest BCUT2D eigenvalue weighted by atomic mass is 32.1. The number of thiophene rings is 1. The van der Waals surface area contributed by atoms with Crippen LogP contribution in [0.1, 0.15) is 32.6 Å². The number of benzene rings is 2. The summed E-state index contributed by atoms with van der Waals surface area (Å²) in [4.78, 5) is 26.5. The number of carbonyl (C=O) groups excluding carboxylic acids is 2. The van der Waals surface area contributed by atoms with Gasteiger partial charge in [-0.05, 0) is 41.3 Å². The lowest BCUT2D eigenvalue weighted by atomic mass is 10.1. The van der Waals surface area contributed by atoms with E-state index in [-0.39, 0.29) is 30.9 Å². The lowest BCUT2D eigenvalue weighted by molar-refractivity contribution is -0.115. The molecule has 2 aromatic carbocycles. The zero-order valence-corrected chi connectivity index (χ0v) is 18.1. The van der Waals surface area contributed by atoms with E-state index in [2.05, 4.69) is 16.0 Å². The van der Waals surface area contributed by atoms with Gasteiger partial charge in [0.1, 0.15) is 5.76 Å². The molecule has 4 aromatic rings. The van der Waals surface area contributed by atoms with Gasteiger partial charge >= 0.3 is 0 Å². The Morgan fingerprint density at radius 1 is 0.906 bits per heavy atom. The van der Waals surface area contributed by atoms with E-state index in [0.29, 0.717) is 17.0 Å². The number of hydrogen-bond acceptors (Lipinski definition) is 5. The molecule has 0 unspecified atom stereocenters. The second kappa shape index (κ2) is 10.6. The predicted molar refractivity (Wildman–Crippen MR) is 126 cm³/mol. The summed E-state index contributed by atoms with van der Waals surface area (Å²) in [6, 6.07) is 24.4. The zero-order valence-electron chi connectivity index (χ0n) is 17.3. The summed E-state index contributed by atoms with van der Waals surface area (Å²) in [6.45, 7) is 0.370. The third-order valence-electron chi connectivity index (χ3n) is 4.88. The number of nitrogens with one attached hydrogen (secondary N) is 3. The average molecular weight is 446 g/mol. The fourth-order valence-electron chi connectivity index (χ4n) is 3.34. The lowest BCUT2D eigenvalue weighted by Crippen LogP contribution is -2.32. The highest BCUT2D eigenvalue weighted by molar-refractivity contribution is 7.10. The molecule has 0 aliphatic carbocycles. The molecule has 0 spiro atoms. The summed E-state index contributed by atoms with van der Waals surface area (Å²) < 4.78 is 5.24.